The molecule has 0 unspecified atom stereocenters. The minimum atomic E-state index is -0.807. The van der Waals surface area contributed by atoms with E-state index < -0.39 is 22.7 Å². The van der Waals surface area contributed by atoms with Crippen molar-refractivity contribution in [3.05, 3.63) is 112 Å². The molecule has 3 aromatic carbocycles. The van der Waals surface area contributed by atoms with Gasteiger partial charge in [0.15, 0.2) is 0 Å². The number of hydrogen-bond donors (Lipinski definition) is 0. The van der Waals surface area contributed by atoms with Crippen LogP contribution in [-0.4, -0.2) is 32.7 Å². The third-order valence-electron chi connectivity index (χ3n) is 4.97. The first-order valence-electron chi connectivity index (χ1n) is 11.4. The van der Waals surface area contributed by atoms with Crippen LogP contribution in [0.4, 0.5) is 15.3 Å². The number of non-ortho nitro benzene ring substituents is 1. The van der Waals surface area contributed by atoms with Crippen LogP contribution in [0.2, 0.25) is 0 Å². The van der Waals surface area contributed by atoms with Gasteiger partial charge in [-0.25, -0.2) is 19.6 Å². The Morgan fingerprint density at radius 2 is 1.22 bits per heavy atom. The molecule has 9 heteroatoms. The van der Waals surface area contributed by atoms with E-state index in [9.17, 15) is 19.7 Å². The van der Waals surface area contributed by atoms with Crippen LogP contribution in [0.1, 0.15) is 37.5 Å². The monoisotopic (exact) mass is 491 g/mol. The van der Waals surface area contributed by atoms with Crippen molar-refractivity contribution >= 4 is 17.9 Å². The van der Waals surface area contributed by atoms with Gasteiger partial charge in [0.1, 0.15) is 12.2 Å². The molecule has 0 atom stereocenters. The Bertz CT molecular complexity index is 1160. The van der Waals surface area contributed by atoms with Gasteiger partial charge in [0.2, 0.25) is 0 Å². The Kier molecular flexibility index (Phi) is 8.61. The summed E-state index contributed by atoms with van der Waals surface area (Å²) in [5, 5.41) is 13.4. The number of hydrazine groups is 1. The van der Waals surface area contributed by atoms with Crippen molar-refractivity contribution in [3.63, 3.8) is 0 Å². The molecule has 2 amide bonds. The second-order valence-corrected chi connectivity index (χ2v) is 9.04. The molecule has 0 spiro atoms. The number of hydrogen-bond acceptors (Lipinski definition) is 6. The number of benzene rings is 3. The molecule has 188 valence electrons. The van der Waals surface area contributed by atoms with Crippen LogP contribution in [0, 0.1) is 10.1 Å². The highest BCUT2D eigenvalue weighted by atomic mass is 16.6. The van der Waals surface area contributed by atoms with E-state index >= 15 is 0 Å². The largest absolute Gasteiger partial charge is 0.443 e. The predicted octanol–water partition coefficient (Wildman–Crippen LogP) is 6.09. The lowest BCUT2D eigenvalue weighted by molar-refractivity contribution is -0.384. The van der Waals surface area contributed by atoms with E-state index in [-0.39, 0.29) is 25.4 Å². The molecule has 0 bridgehead atoms. The maximum atomic E-state index is 13.3. The van der Waals surface area contributed by atoms with Crippen molar-refractivity contribution in [3.8, 4) is 0 Å². The van der Waals surface area contributed by atoms with E-state index in [1.165, 1.54) is 29.3 Å². The first kappa shape index (κ1) is 26.2. The second-order valence-electron chi connectivity index (χ2n) is 9.04. The molecule has 9 nitrogen and oxygen atoms in total. The smallest absolute Gasteiger partial charge is 0.429 e. The molecule has 0 radical (unpaired) electrons. The van der Waals surface area contributed by atoms with Gasteiger partial charge in [-0.1, -0.05) is 72.8 Å². The third-order valence-corrected chi connectivity index (χ3v) is 4.97. The molecule has 0 heterocycles. The summed E-state index contributed by atoms with van der Waals surface area (Å²) in [6, 6.07) is 24.1. The minimum absolute atomic E-state index is 0.00390. The number of nitrogens with zero attached hydrogens (tertiary/aromatic N) is 3. The lowest BCUT2D eigenvalue weighted by Gasteiger charge is -2.35. The zero-order valence-electron chi connectivity index (χ0n) is 20.5. The Balaban J connectivity index is 1.93. The third kappa shape index (κ3) is 7.83. The van der Waals surface area contributed by atoms with Crippen LogP contribution < -0.4 is 0 Å². The number of nitro benzene ring substituents is 1. The number of ether oxygens (including phenoxy) is 2. The zero-order chi connectivity index (χ0) is 26.1. The number of nitro groups is 1. The van der Waals surface area contributed by atoms with Crippen molar-refractivity contribution in [2.45, 2.75) is 46.1 Å². The SMILES string of the molecule is CC(C)(C)OC(=O)N(Cc1ccccc1)N(Cc1ccc([N+](=O)[O-])cc1)C(=O)OCc1ccccc1. The fraction of sp³-hybridized carbons (Fsp3) is 0.259. The summed E-state index contributed by atoms with van der Waals surface area (Å²) in [4.78, 5) is 37.2. The molecule has 0 aliphatic carbocycles. The summed E-state index contributed by atoms with van der Waals surface area (Å²) >= 11 is 0. The molecular formula is C27H29N3O6. The predicted molar refractivity (Wildman–Crippen MR) is 133 cm³/mol. The van der Waals surface area contributed by atoms with Crippen LogP contribution in [0.5, 0.6) is 0 Å². The van der Waals surface area contributed by atoms with Gasteiger partial charge in [-0.15, -0.1) is 0 Å². The van der Waals surface area contributed by atoms with E-state index in [0.717, 1.165) is 16.1 Å². The lowest BCUT2D eigenvalue weighted by atomic mass is 10.2. The van der Waals surface area contributed by atoms with Crippen LogP contribution in [-0.2, 0) is 29.2 Å². The summed E-state index contributed by atoms with van der Waals surface area (Å²) in [6.45, 7) is 5.19. The fourth-order valence-corrected chi connectivity index (χ4v) is 3.26. The van der Waals surface area contributed by atoms with Crippen LogP contribution in [0.3, 0.4) is 0 Å². The summed E-state index contributed by atoms with van der Waals surface area (Å²) in [5.41, 5.74) is 1.24. The lowest BCUT2D eigenvalue weighted by Crippen LogP contribution is -2.50. The van der Waals surface area contributed by atoms with Gasteiger partial charge < -0.3 is 9.47 Å². The molecule has 0 saturated heterocycles. The van der Waals surface area contributed by atoms with E-state index in [2.05, 4.69) is 0 Å². The first-order valence-corrected chi connectivity index (χ1v) is 11.4. The van der Waals surface area contributed by atoms with Gasteiger partial charge in [-0.2, -0.15) is 0 Å². The normalized spacial score (nSPS) is 10.9. The van der Waals surface area contributed by atoms with Gasteiger partial charge in [0.25, 0.3) is 5.69 Å². The van der Waals surface area contributed by atoms with Gasteiger partial charge in [-0.3, -0.25) is 10.1 Å². The average molecular weight is 492 g/mol. The quantitative estimate of drug-likeness (QED) is 0.293. The number of amides is 2. The Hall–Kier alpha value is -4.40. The average Bonchev–Trinajstić information content (AvgIpc) is 2.85. The van der Waals surface area contributed by atoms with Gasteiger partial charge in [0.05, 0.1) is 18.0 Å². The molecule has 0 aliphatic rings. The molecule has 0 aliphatic heterocycles. The number of rotatable bonds is 7. The Morgan fingerprint density at radius 3 is 1.72 bits per heavy atom. The van der Waals surface area contributed by atoms with Gasteiger partial charge in [-0.05, 0) is 37.5 Å². The maximum absolute atomic E-state index is 13.3. The second kappa shape index (κ2) is 11.8. The Morgan fingerprint density at radius 1 is 0.750 bits per heavy atom. The fourth-order valence-electron chi connectivity index (χ4n) is 3.26. The standard InChI is InChI=1S/C27H29N3O6/c1-27(2,3)36-26(32)29(18-21-10-6-4-7-11-21)28(19-22-14-16-24(17-15-22)30(33)34)25(31)35-20-23-12-8-5-9-13-23/h4-17H,18-20H2,1-3H3. The molecule has 0 N–H and O–H groups in total. The molecular weight excluding hydrogens is 462 g/mol. The summed E-state index contributed by atoms with van der Waals surface area (Å²) in [5.74, 6) is 0. The van der Waals surface area contributed by atoms with Crippen LogP contribution in [0.15, 0.2) is 84.9 Å². The maximum Gasteiger partial charge on any atom is 0.429 e. The molecule has 3 aromatic rings. The Labute approximate surface area is 210 Å². The van der Waals surface area contributed by atoms with Gasteiger partial charge >= 0.3 is 12.2 Å². The van der Waals surface area contributed by atoms with Crippen molar-refractivity contribution in [1.29, 1.82) is 0 Å². The van der Waals surface area contributed by atoms with Crippen molar-refractivity contribution in [2.24, 2.45) is 0 Å². The van der Waals surface area contributed by atoms with E-state index in [1.807, 2.05) is 60.7 Å². The minimum Gasteiger partial charge on any atom is -0.443 e. The van der Waals surface area contributed by atoms with Crippen molar-refractivity contribution in [2.75, 3.05) is 0 Å². The highest BCUT2D eigenvalue weighted by Crippen LogP contribution is 2.20. The molecule has 0 fully saturated rings. The van der Waals surface area contributed by atoms with Crippen molar-refractivity contribution in [1.82, 2.24) is 10.0 Å². The van der Waals surface area contributed by atoms with E-state index in [4.69, 9.17) is 9.47 Å². The van der Waals surface area contributed by atoms with Crippen molar-refractivity contribution < 1.29 is 24.0 Å². The molecule has 36 heavy (non-hydrogen) atoms. The van der Waals surface area contributed by atoms with E-state index in [0.29, 0.717) is 5.56 Å². The summed E-state index contributed by atoms with van der Waals surface area (Å²) in [7, 11) is 0. The van der Waals surface area contributed by atoms with Gasteiger partial charge in [0, 0.05) is 12.1 Å². The van der Waals surface area contributed by atoms with Crippen LogP contribution >= 0.6 is 0 Å². The number of carbonyl (C=O) groups excluding carboxylic acids is 2. The molecule has 0 aromatic heterocycles. The highest BCUT2D eigenvalue weighted by Gasteiger charge is 2.32. The molecule has 0 saturated carbocycles. The summed E-state index contributed by atoms with van der Waals surface area (Å²) < 4.78 is 11.2. The number of carbonyl (C=O) groups is 2. The topological polar surface area (TPSA) is 102 Å². The summed E-state index contributed by atoms with van der Waals surface area (Å²) in [6.07, 6.45) is -1.50. The highest BCUT2D eigenvalue weighted by molar-refractivity contribution is 5.74. The van der Waals surface area contributed by atoms with Crippen LogP contribution in [0.25, 0.3) is 0 Å². The van der Waals surface area contributed by atoms with E-state index in [1.54, 1.807) is 20.8 Å². The molecule has 3 rings (SSSR count). The zero-order valence-corrected chi connectivity index (χ0v) is 20.5. The first-order chi connectivity index (χ1) is 17.1.